The normalized spacial score (nSPS) is 21.2. The number of pyridine rings is 1. The number of rotatable bonds is 5. The molecule has 0 bridgehead atoms. The second-order valence-corrected chi connectivity index (χ2v) is 6.47. The molecule has 0 aromatic carbocycles. The predicted molar refractivity (Wildman–Crippen MR) is 93.1 cm³/mol. The van der Waals surface area contributed by atoms with Gasteiger partial charge in [-0.15, -0.1) is 0 Å². The van der Waals surface area contributed by atoms with Crippen molar-refractivity contribution in [2.45, 2.75) is 25.4 Å². The Morgan fingerprint density at radius 1 is 1.28 bits per heavy atom. The van der Waals surface area contributed by atoms with E-state index in [1.807, 2.05) is 4.90 Å². The van der Waals surface area contributed by atoms with Gasteiger partial charge in [-0.1, -0.05) is 6.08 Å². The molecule has 0 unspecified atom stereocenters. The number of nitrogens with one attached hydrogen (secondary N) is 1. The first kappa shape index (κ1) is 17.5. The Morgan fingerprint density at radius 3 is 2.72 bits per heavy atom. The molecule has 6 nitrogen and oxygen atoms in total. The second kappa shape index (κ2) is 8.20. The maximum Gasteiger partial charge on any atom is 0.272 e. The predicted octanol–water partition coefficient (Wildman–Crippen LogP) is 1.86. The number of alkyl halides is 1. The molecular formula is C18H23FN4O2. The second-order valence-electron chi connectivity index (χ2n) is 6.47. The molecule has 3 rings (SSSR count). The Bertz CT molecular complexity index is 641. The minimum atomic E-state index is -0.755. The molecule has 1 atom stereocenters. The zero-order valence-electron chi connectivity index (χ0n) is 14.2. The van der Waals surface area contributed by atoms with E-state index in [0.717, 1.165) is 32.5 Å². The monoisotopic (exact) mass is 346 g/mol. The molecule has 25 heavy (non-hydrogen) atoms. The highest BCUT2D eigenvalue weighted by Gasteiger charge is 2.21. The number of hydrogen-bond acceptors (Lipinski definition) is 4. The summed E-state index contributed by atoms with van der Waals surface area (Å²) in [7, 11) is 0. The molecule has 1 aromatic heterocycles. The molecule has 2 fully saturated rings. The van der Waals surface area contributed by atoms with Crippen LogP contribution in [0.3, 0.4) is 0 Å². The van der Waals surface area contributed by atoms with Crippen molar-refractivity contribution in [3.05, 3.63) is 36.2 Å². The van der Waals surface area contributed by atoms with Gasteiger partial charge in [0.15, 0.2) is 0 Å². The van der Waals surface area contributed by atoms with Crippen LogP contribution in [0.4, 0.5) is 10.1 Å². The summed E-state index contributed by atoms with van der Waals surface area (Å²) < 4.78 is 13.1. The molecule has 2 aliphatic heterocycles. The van der Waals surface area contributed by atoms with E-state index in [4.69, 9.17) is 0 Å². The largest absolute Gasteiger partial charge is 0.337 e. The fourth-order valence-electron chi connectivity index (χ4n) is 3.12. The van der Waals surface area contributed by atoms with Crippen LogP contribution in [0.5, 0.6) is 0 Å². The van der Waals surface area contributed by atoms with Gasteiger partial charge in [-0.05, 0) is 31.4 Å². The zero-order chi connectivity index (χ0) is 17.6. The van der Waals surface area contributed by atoms with Crippen molar-refractivity contribution in [3.63, 3.8) is 0 Å². The van der Waals surface area contributed by atoms with Crippen molar-refractivity contribution in [3.8, 4) is 0 Å². The SMILES string of the molecule is O=C(/C=C/CN1CC[C@@H](F)C1)Nc1ccc(C(=O)N2CCCC2)nc1. The van der Waals surface area contributed by atoms with Gasteiger partial charge in [0, 0.05) is 38.8 Å². The number of carbonyl (C=O) groups is 2. The van der Waals surface area contributed by atoms with E-state index in [9.17, 15) is 14.0 Å². The van der Waals surface area contributed by atoms with Crippen LogP contribution in [0, 0.1) is 0 Å². The van der Waals surface area contributed by atoms with Crippen LogP contribution >= 0.6 is 0 Å². The lowest BCUT2D eigenvalue weighted by molar-refractivity contribution is -0.111. The lowest BCUT2D eigenvalue weighted by Gasteiger charge is -2.14. The average Bonchev–Trinajstić information content (AvgIpc) is 3.27. The Kier molecular flexibility index (Phi) is 5.75. The molecular weight excluding hydrogens is 323 g/mol. The van der Waals surface area contributed by atoms with E-state index in [2.05, 4.69) is 10.3 Å². The number of nitrogens with zero attached hydrogens (tertiary/aromatic N) is 3. The molecule has 0 spiro atoms. The minimum Gasteiger partial charge on any atom is -0.337 e. The molecule has 2 saturated heterocycles. The van der Waals surface area contributed by atoms with Crippen molar-refractivity contribution >= 4 is 17.5 Å². The molecule has 1 N–H and O–H groups in total. The van der Waals surface area contributed by atoms with E-state index < -0.39 is 6.17 Å². The van der Waals surface area contributed by atoms with Gasteiger partial charge in [-0.3, -0.25) is 14.5 Å². The van der Waals surface area contributed by atoms with Gasteiger partial charge in [-0.2, -0.15) is 0 Å². The number of halogens is 1. The lowest BCUT2D eigenvalue weighted by Crippen LogP contribution is -2.28. The highest BCUT2D eigenvalue weighted by Crippen LogP contribution is 2.14. The Hall–Kier alpha value is -2.28. The fourth-order valence-corrected chi connectivity index (χ4v) is 3.12. The summed E-state index contributed by atoms with van der Waals surface area (Å²) in [6.45, 7) is 3.29. The maximum absolute atomic E-state index is 13.1. The molecule has 134 valence electrons. The number of likely N-dealkylation sites (tertiary alicyclic amines) is 2. The van der Waals surface area contributed by atoms with Crippen LogP contribution in [0.2, 0.25) is 0 Å². The van der Waals surface area contributed by atoms with Gasteiger partial charge in [0.25, 0.3) is 5.91 Å². The average molecular weight is 346 g/mol. The highest BCUT2D eigenvalue weighted by molar-refractivity contribution is 5.99. The van der Waals surface area contributed by atoms with E-state index in [1.54, 1.807) is 23.1 Å². The smallest absolute Gasteiger partial charge is 0.272 e. The quantitative estimate of drug-likeness (QED) is 0.827. The number of anilines is 1. The third-order valence-electron chi connectivity index (χ3n) is 4.49. The molecule has 7 heteroatoms. The van der Waals surface area contributed by atoms with Crippen molar-refractivity contribution in [1.82, 2.24) is 14.8 Å². The van der Waals surface area contributed by atoms with Crippen LogP contribution in [0.25, 0.3) is 0 Å². The summed E-state index contributed by atoms with van der Waals surface area (Å²) in [5, 5.41) is 2.71. The summed E-state index contributed by atoms with van der Waals surface area (Å²) >= 11 is 0. The van der Waals surface area contributed by atoms with E-state index in [0.29, 0.717) is 30.9 Å². The zero-order valence-corrected chi connectivity index (χ0v) is 14.2. The van der Waals surface area contributed by atoms with Gasteiger partial charge < -0.3 is 10.2 Å². The van der Waals surface area contributed by atoms with Gasteiger partial charge in [0.2, 0.25) is 5.91 Å². The molecule has 0 radical (unpaired) electrons. The Morgan fingerprint density at radius 2 is 2.08 bits per heavy atom. The third-order valence-corrected chi connectivity index (χ3v) is 4.49. The summed E-state index contributed by atoms with van der Waals surface area (Å²) in [5.41, 5.74) is 0.933. The first-order valence-electron chi connectivity index (χ1n) is 8.71. The van der Waals surface area contributed by atoms with Gasteiger partial charge in [-0.25, -0.2) is 9.37 Å². The first-order chi connectivity index (χ1) is 12.1. The molecule has 2 amide bonds. The van der Waals surface area contributed by atoms with E-state index in [1.165, 1.54) is 12.3 Å². The maximum atomic E-state index is 13.1. The van der Waals surface area contributed by atoms with Gasteiger partial charge in [0.1, 0.15) is 11.9 Å². The molecule has 2 aliphatic rings. The van der Waals surface area contributed by atoms with Crippen LogP contribution < -0.4 is 5.32 Å². The highest BCUT2D eigenvalue weighted by atomic mass is 19.1. The lowest BCUT2D eigenvalue weighted by atomic mass is 10.3. The van der Waals surface area contributed by atoms with E-state index >= 15 is 0 Å². The minimum absolute atomic E-state index is 0.0629. The Balaban J connectivity index is 1.47. The Labute approximate surface area is 146 Å². The number of carbonyl (C=O) groups excluding carboxylic acids is 2. The molecule has 0 aliphatic carbocycles. The van der Waals surface area contributed by atoms with Crippen LogP contribution in [0.1, 0.15) is 29.8 Å². The van der Waals surface area contributed by atoms with Crippen molar-refractivity contribution in [2.75, 3.05) is 38.0 Å². The summed E-state index contributed by atoms with van der Waals surface area (Å²) in [6, 6.07) is 3.31. The standard InChI is InChI=1S/C18H23FN4O2/c19-14-7-11-22(13-14)8-3-4-17(24)21-15-5-6-16(20-12-15)18(25)23-9-1-2-10-23/h3-6,12,14H,1-2,7-11,13H2,(H,21,24)/b4-3+/t14-/m1/s1. The van der Waals surface area contributed by atoms with E-state index in [-0.39, 0.29) is 11.8 Å². The van der Waals surface area contributed by atoms with Crippen LogP contribution in [0.15, 0.2) is 30.5 Å². The fraction of sp³-hybridized carbons (Fsp3) is 0.500. The van der Waals surface area contributed by atoms with Gasteiger partial charge >= 0.3 is 0 Å². The molecule has 1 aromatic rings. The number of amides is 2. The number of aromatic nitrogens is 1. The first-order valence-corrected chi connectivity index (χ1v) is 8.71. The summed E-state index contributed by atoms with van der Waals surface area (Å²) in [5.74, 6) is -0.330. The van der Waals surface area contributed by atoms with Crippen molar-refractivity contribution in [1.29, 1.82) is 0 Å². The van der Waals surface area contributed by atoms with Crippen molar-refractivity contribution < 1.29 is 14.0 Å². The van der Waals surface area contributed by atoms with Crippen molar-refractivity contribution in [2.24, 2.45) is 0 Å². The van der Waals surface area contributed by atoms with Crippen LogP contribution in [-0.2, 0) is 4.79 Å². The van der Waals surface area contributed by atoms with Gasteiger partial charge in [0.05, 0.1) is 11.9 Å². The van der Waals surface area contributed by atoms with Crippen LogP contribution in [-0.4, -0.2) is 65.5 Å². The molecule has 0 saturated carbocycles. The summed E-state index contributed by atoms with van der Waals surface area (Å²) in [4.78, 5) is 32.0. The number of hydrogen-bond donors (Lipinski definition) is 1. The summed E-state index contributed by atoms with van der Waals surface area (Å²) in [6.07, 6.45) is 6.54. The topological polar surface area (TPSA) is 65.5 Å². The molecule has 3 heterocycles. The third kappa shape index (κ3) is 4.85.